The maximum atomic E-state index is 13.5. The second kappa shape index (κ2) is 8.91. The monoisotopic (exact) mass is 443 g/mol. The van der Waals surface area contributed by atoms with Gasteiger partial charge in [0.05, 0.1) is 34.0 Å². The van der Waals surface area contributed by atoms with Gasteiger partial charge in [-0.3, -0.25) is 28.8 Å². The van der Waals surface area contributed by atoms with Crippen molar-refractivity contribution in [2.75, 3.05) is 11.9 Å². The first-order valence-corrected chi connectivity index (χ1v) is 10.3. The third-order valence-electron chi connectivity index (χ3n) is 5.23. The number of fused-ring (bicyclic) bond motifs is 1. The maximum absolute atomic E-state index is 13.5. The molecule has 0 aliphatic carbocycles. The molecule has 0 bridgehead atoms. The molecule has 2 N–H and O–H groups in total. The summed E-state index contributed by atoms with van der Waals surface area (Å²) in [5.74, 6) is -0.713. The summed E-state index contributed by atoms with van der Waals surface area (Å²) in [5, 5.41) is 2.86. The molecule has 0 aliphatic rings. The molecule has 2 aromatic carbocycles. The number of nitrogens with zero attached hydrogens (tertiary/aromatic N) is 3. The maximum Gasteiger partial charge on any atom is 0.328 e. The van der Waals surface area contributed by atoms with Gasteiger partial charge in [-0.2, -0.15) is 0 Å². The van der Waals surface area contributed by atoms with Gasteiger partial charge in [-0.15, -0.1) is 0 Å². The van der Waals surface area contributed by atoms with E-state index in [0.717, 1.165) is 4.57 Å². The van der Waals surface area contributed by atoms with Gasteiger partial charge in [-0.1, -0.05) is 18.2 Å². The molecule has 2 aromatic heterocycles. The van der Waals surface area contributed by atoms with E-state index in [2.05, 4.69) is 15.3 Å². The first-order valence-electron chi connectivity index (χ1n) is 10.3. The Hall–Kier alpha value is -4.53. The highest BCUT2D eigenvalue weighted by atomic mass is 16.2. The summed E-state index contributed by atoms with van der Waals surface area (Å²) in [6, 6.07) is 14.9. The van der Waals surface area contributed by atoms with E-state index in [4.69, 9.17) is 0 Å². The van der Waals surface area contributed by atoms with Crippen molar-refractivity contribution in [1.82, 2.24) is 19.9 Å². The number of pyridine rings is 1. The Bertz CT molecular complexity index is 1470. The van der Waals surface area contributed by atoms with Crippen LogP contribution in [0.3, 0.4) is 0 Å². The van der Waals surface area contributed by atoms with Gasteiger partial charge in [0.15, 0.2) is 0 Å². The molecule has 4 rings (SSSR count). The minimum absolute atomic E-state index is 0.239. The van der Waals surface area contributed by atoms with Crippen LogP contribution < -0.4 is 21.5 Å². The smallest absolute Gasteiger partial charge is 0.328 e. The van der Waals surface area contributed by atoms with Crippen molar-refractivity contribution in [3.05, 3.63) is 99.0 Å². The number of anilines is 2. The van der Waals surface area contributed by atoms with Crippen LogP contribution in [0.4, 0.5) is 11.4 Å². The first-order chi connectivity index (χ1) is 15.9. The average molecular weight is 443 g/mol. The number of aromatic nitrogens is 3. The Labute approximate surface area is 188 Å². The molecule has 9 nitrogen and oxygen atoms in total. The molecule has 0 spiro atoms. The van der Waals surface area contributed by atoms with E-state index in [-0.39, 0.29) is 23.9 Å². The molecule has 33 heavy (non-hydrogen) atoms. The third-order valence-corrected chi connectivity index (χ3v) is 5.23. The molecular formula is C24H21N5O4. The minimum Gasteiger partial charge on any atom is -0.355 e. The predicted octanol–water partition coefficient (Wildman–Crippen LogP) is 2.44. The topological polar surface area (TPSA) is 117 Å². The summed E-state index contributed by atoms with van der Waals surface area (Å²) < 4.78 is 1.10. The van der Waals surface area contributed by atoms with E-state index in [1.807, 2.05) is 0 Å². The van der Waals surface area contributed by atoms with Crippen LogP contribution in [0.1, 0.15) is 27.6 Å². The van der Waals surface area contributed by atoms with E-state index in [0.29, 0.717) is 27.8 Å². The summed E-state index contributed by atoms with van der Waals surface area (Å²) in [6.07, 6.45) is 2.87. The van der Waals surface area contributed by atoms with Gasteiger partial charge < -0.3 is 10.3 Å². The lowest BCUT2D eigenvalue weighted by molar-refractivity contribution is 0.0959. The molecule has 2 amide bonds. The zero-order chi connectivity index (χ0) is 23.5. The molecule has 0 aliphatic heterocycles. The zero-order valence-electron chi connectivity index (χ0n) is 18.0. The highest BCUT2D eigenvalue weighted by molar-refractivity contribution is 6.12. The summed E-state index contributed by atoms with van der Waals surface area (Å²) in [6.45, 7) is 1.95. The number of hydrogen-bond donors (Lipinski definition) is 2. The van der Waals surface area contributed by atoms with Crippen LogP contribution in [0.15, 0.2) is 76.6 Å². The summed E-state index contributed by atoms with van der Waals surface area (Å²) in [5.41, 5.74) is 0.806. The molecule has 166 valence electrons. The minimum atomic E-state index is -0.531. The second-order valence-corrected chi connectivity index (χ2v) is 7.23. The summed E-state index contributed by atoms with van der Waals surface area (Å²) in [4.78, 5) is 58.8. The Balaban J connectivity index is 1.93. The second-order valence-electron chi connectivity index (χ2n) is 7.23. The fourth-order valence-corrected chi connectivity index (χ4v) is 3.58. The van der Waals surface area contributed by atoms with Crippen LogP contribution in [0.2, 0.25) is 0 Å². The lowest BCUT2D eigenvalue weighted by atomic mass is 10.1. The number of carbonyl (C=O) groups excluding carboxylic acids is 2. The normalized spacial score (nSPS) is 10.7. The van der Waals surface area contributed by atoms with Crippen molar-refractivity contribution < 1.29 is 9.59 Å². The molecular weight excluding hydrogens is 422 g/mol. The Morgan fingerprint density at radius 2 is 1.76 bits per heavy atom. The molecule has 0 unspecified atom stereocenters. The number of amides is 2. The van der Waals surface area contributed by atoms with Gasteiger partial charge in [0.2, 0.25) is 0 Å². The Morgan fingerprint density at radius 3 is 2.45 bits per heavy atom. The molecule has 4 aromatic rings. The first kappa shape index (κ1) is 21.7. The van der Waals surface area contributed by atoms with Crippen molar-refractivity contribution in [3.63, 3.8) is 0 Å². The lowest BCUT2D eigenvalue weighted by Crippen LogP contribution is -2.34. The molecule has 0 fully saturated rings. The molecule has 0 atom stereocenters. The molecule has 0 saturated heterocycles. The van der Waals surface area contributed by atoms with Crippen LogP contribution in [0.25, 0.3) is 10.9 Å². The van der Waals surface area contributed by atoms with Crippen molar-refractivity contribution >= 4 is 34.1 Å². The van der Waals surface area contributed by atoms with Crippen LogP contribution in [0.5, 0.6) is 0 Å². The quantitative estimate of drug-likeness (QED) is 0.491. The van der Waals surface area contributed by atoms with Crippen LogP contribution in [-0.4, -0.2) is 33.4 Å². The number of H-pyrrole nitrogens is 1. The highest BCUT2D eigenvalue weighted by Gasteiger charge is 2.22. The van der Waals surface area contributed by atoms with E-state index in [9.17, 15) is 19.2 Å². The highest BCUT2D eigenvalue weighted by Crippen LogP contribution is 2.29. The van der Waals surface area contributed by atoms with E-state index in [1.54, 1.807) is 61.5 Å². The molecule has 0 saturated carbocycles. The van der Waals surface area contributed by atoms with Crippen LogP contribution in [-0.2, 0) is 6.54 Å². The number of aromatic amines is 1. The average Bonchev–Trinajstić information content (AvgIpc) is 2.84. The summed E-state index contributed by atoms with van der Waals surface area (Å²) in [7, 11) is 1.50. The van der Waals surface area contributed by atoms with E-state index >= 15 is 0 Å². The Morgan fingerprint density at radius 1 is 1.00 bits per heavy atom. The van der Waals surface area contributed by atoms with Gasteiger partial charge >= 0.3 is 5.69 Å². The van der Waals surface area contributed by atoms with Gasteiger partial charge in [-0.25, -0.2) is 4.79 Å². The van der Waals surface area contributed by atoms with Crippen molar-refractivity contribution in [2.45, 2.75) is 13.5 Å². The van der Waals surface area contributed by atoms with Gasteiger partial charge in [-0.05, 0) is 43.3 Å². The zero-order valence-corrected chi connectivity index (χ0v) is 18.0. The number of hydrogen-bond acceptors (Lipinski definition) is 5. The van der Waals surface area contributed by atoms with Gasteiger partial charge in [0, 0.05) is 25.4 Å². The third kappa shape index (κ3) is 4.03. The van der Waals surface area contributed by atoms with Crippen molar-refractivity contribution in [1.29, 1.82) is 0 Å². The number of carbonyl (C=O) groups is 2. The van der Waals surface area contributed by atoms with Crippen LogP contribution in [0, 0.1) is 0 Å². The predicted molar refractivity (Wildman–Crippen MR) is 125 cm³/mol. The largest absolute Gasteiger partial charge is 0.355 e. The number of nitrogens with one attached hydrogen (secondary N) is 2. The van der Waals surface area contributed by atoms with Crippen molar-refractivity contribution in [3.8, 4) is 0 Å². The number of rotatable bonds is 5. The standard InChI is InChI=1S/C24H21N5O4/c1-3-28-23(32)19-10-9-17(12-20(19)27-24(28)33)29(22(31)15-7-5-4-6-8-15)18-11-16(13-26-14-18)21(30)25-2/h4-14H,3H2,1-2H3,(H,25,30)(H,27,33). The number of benzene rings is 2. The van der Waals surface area contributed by atoms with Crippen LogP contribution >= 0.6 is 0 Å². The summed E-state index contributed by atoms with van der Waals surface area (Å²) >= 11 is 0. The fraction of sp³-hybridized carbons (Fsp3) is 0.125. The lowest BCUT2D eigenvalue weighted by Gasteiger charge is -2.23. The molecule has 9 heteroatoms. The van der Waals surface area contributed by atoms with E-state index in [1.165, 1.54) is 24.3 Å². The Kier molecular flexibility index (Phi) is 5.86. The fourth-order valence-electron chi connectivity index (χ4n) is 3.58. The van der Waals surface area contributed by atoms with E-state index < -0.39 is 11.2 Å². The van der Waals surface area contributed by atoms with Gasteiger partial charge in [0.25, 0.3) is 17.4 Å². The molecule has 0 radical (unpaired) electrons. The SMILES string of the molecule is CCn1c(=O)[nH]c2cc(N(C(=O)c3ccccc3)c3cncc(C(=O)NC)c3)ccc2c1=O. The van der Waals surface area contributed by atoms with Crippen molar-refractivity contribution in [2.24, 2.45) is 0 Å². The molecule has 2 heterocycles. The van der Waals surface area contributed by atoms with Gasteiger partial charge in [0.1, 0.15) is 0 Å².